The average molecular weight is 589 g/mol. The second-order valence-electron chi connectivity index (χ2n) is 9.04. The van der Waals surface area contributed by atoms with Crippen LogP contribution in [-0.2, 0) is 32.7 Å². The number of rotatable bonds is 25. The molecule has 0 aliphatic carbocycles. The van der Waals surface area contributed by atoms with Crippen LogP contribution in [0.3, 0.4) is 0 Å². The highest BCUT2D eigenvalue weighted by Crippen LogP contribution is 2.43. The fraction of sp³-hybridized carbons (Fsp3) is 0.655. The van der Waals surface area contributed by atoms with Crippen molar-refractivity contribution < 1.29 is 47.8 Å². The molecule has 3 N–H and O–H groups in total. The predicted molar refractivity (Wildman–Crippen MR) is 154 cm³/mol. The van der Waals surface area contributed by atoms with E-state index in [9.17, 15) is 24.2 Å². The highest BCUT2D eigenvalue weighted by atomic mass is 31.2. The molecule has 0 amide bonds. The number of aliphatic hydroxyl groups excluding tert-OH is 2. The van der Waals surface area contributed by atoms with Gasteiger partial charge in [0.2, 0.25) is 0 Å². The molecule has 0 aliphatic heterocycles. The van der Waals surface area contributed by atoms with Gasteiger partial charge in [0.15, 0.2) is 6.10 Å². The maximum atomic E-state index is 12.3. The molecular formula is C29H49O10P. The average Bonchev–Trinajstić information content (AvgIpc) is 2.93. The third kappa shape index (κ3) is 24.9. The molecule has 0 aromatic carbocycles. The van der Waals surface area contributed by atoms with Crippen LogP contribution in [0.1, 0.15) is 84.5 Å². The van der Waals surface area contributed by atoms with Crippen molar-refractivity contribution in [3.8, 4) is 0 Å². The predicted octanol–water partition coefficient (Wildman–Crippen LogP) is 5.48. The van der Waals surface area contributed by atoms with Crippen LogP contribution >= 0.6 is 7.82 Å². The molecule has 0 saturated carbocycles. The van der Waals surface area contributed by atoms with E-state index in [0.717, 1.165) is 44.9 Å². The smallest absolute Gasteiger partial charge is 0.462 e. The van der Waals surface area contributed by atoms with Gasteiger partial charge in [-0.3, -0.25) is 18.6 Å². The summed E-state index contributed by atoms with van der Waals surface area (Å²) < 4.78 is 32.0. The van der Waals surface area contributed by atoms with Crippen molar-refractivity contribution in [1.82, 2.24) is 0 Å². The monoisotopic (exact) mass is 588 g/mol. The van der Waals surface area contributed by atoms with Gasteiger partial charge in [-0.25, -0.2) is 4.57 Å². The minimum absolute atomic E-state index is 0.0612. The Morgan fingerprint density at radius 1 is 0.775 bits per heavy atom. The molecule has 0 radical (unpaired) electrons. The number of unbranched alkanes of at least 4 members (excludes halogenated alkanes) is 3. The van der Waals surface area contributed by atoms with E-state index in [1.807, 2.05) is 18.2 Å². The molecule has 0 heterocycles. The van der Waals surface area contributed by atoms with Crippen molar-refractivity contribution in [2.24, 2.45) is 0 Å². The lowest BCUT2D eigenvalue weighted by Crippen LogP contribution is -2.29. The van der Waals surface area contributed by atoms with Gasteiger partial charge in [0.25, 0.3) is 0 Å². The second kappa shape index (κ2) is 25.9. The maximum Gasteiger partial charge on any atom is 0.472 e. The standard InChI is InChI=1S/C29H49O10P/c1-3-5-7-9-10-11-12-13-14-15-16-17-19-21-29(33)39-27(24-36-28(32)20-18-8-6-4-2)25-38-40(34,35)37-23-26(31)22-30/h5,7,10-11,13-14,16-17,26-27,30-31H,3-4,6,8-9,12,15,18-25H2,1-2H3,(H,34,35)/b7-5-,11-10-,14-13-,17-16-. The minimum atomic E-state index is -4.61. The zero-order chi connectivity index (χ0) is 29.9. The van der Waals surface area contributed by atoms with E-state index in [1.165, 1.54) is 0 Å². The molecule has 10 nitrogen and oxygen atoms in total. The molecule has 40 heavy (non-hydrogen) atoms. The third-order valence-corrected chi connectivity index (χ3v) is 6.21. The summed E-state index contributed by atoms with van der Waals surface area (Å²) in [5.74, 6) is -1.05. The highest BCUT2D eigenvalue weighted by molar-refractivity contribution is 7.47. The molecule has 230 valence electrons. The number of phosphoric ester groups is 1. The van der Waals surface area contributed by atoms with Gasteiger partial charge in [0.1, 0.15) is 12.7 Å². The van der Waals surface area contributed by atoms with E-state index >= 15 is 0 Å². The largest absolute Gasteiger partial charge is 0.472 e. The van der Waals surface area contributed by atoms with Crippen LogP contribution < -0.4 is 0 Å². The first-order valence-electron chi connectivity index (χ1n) is 14.1. The molecule has 0 spiro atoms. The number of esters is 2. The van der Waals surface area contributed by atoms with Crippen LogP contribution in [-0.4, -0.2) is 65.7 Å². The van der Waals surface area contributed by atoms with Gasteiger partial charge in [0, 0.05) is 12.8 Å². The number of phosphoric acid groups is 1. The van der Waals surface area contributed by atoms with E-state index in [4.69, 9.17) is 19.1 Å². The Balaban J connectivity index is 4.60. The summed E-state index contributed by atoms with van der Waals surface area (Å²) in [6.45, 7) is 1.97. The fourth-order valence-electron chi connectivity index (χ4n) is 3.06. The summed E-state index contributed by atoms with van der Waals surface area (Å²) in [5, 5.41) is 18.1. The van der Waals surface area contributed by atoms with Crippen molar-refractivity contribution in [3.63, 3.8) is 0 Å². The van der Waals surface area contributed by atoms with Gasteiger partial charge in [-0.15, -0.1) is 0 Å². The highest BCUT2D eigenvalue weighted by Gasteiger charge is 2.27. The zero-order valence-electron chi connectivity index (χ0n) is 24.0. The van der Waals surface area contributed by atoms with E-state index < -0.39 is 51.8 Å². The first-order chi connectivity index (χ1) is 19.2. The van der Waals surface area contributed by atoms with E-state index in [1.54, 1.807) is 0 Å². The fourth-order valence-corrected chi connectivity index (χ4v) is 3.85. The van der Waals surface area contributed by atoms with Crippen LogP contribution in [0.4, 0.5) is 0 Å². The van der Waals surface area contributed by atoms with Crippen molar-refractivity contribution in [3.05, 3.63) is 48.6 Å². The van der Waals surface area contributed by atoms with Crippen LogP contribution in [0, 0.1) is 0 Å². The summed E-state index contributed by atoms with van der Waals surface area (Å²) in [5.41, 5.74) is 0. The van der Waals surface area contributed by atoms with Gasteiger partial charge in [-0.05, 0) is 38.5 Å². The first kappa shape index (κ1) is 37.9. The summed E-state index contributed by atoms with van der Waals surface area (Å²) in [4.78, 5) is 34.1. The Kier molecular flexibility index (Phi) is 24.5. The lowest BCUT2D eigenvalue weighted by Gasteiger charge is -2.20. The van der Waals surface area contributed by atoms with Crippen molar-refractivity contribution in [2.75, 3.05) is 26.4 Å². The van der Waals surface area contributed by atoms with Gasteiger partial charge < -0.3 is 24.6 Å². The quantitative estimate of drug-likeness (QED) is 0.0541. The summed E-state index contributed by atoms with van der Waals surface area (Å²) >= 11 is 0. The van der Waals surface area contributed by atoms with E-state index in [-0.39, 0.29) is 19.4 Å². The van der Waals surface area contributed by atoms with Crippen molar-refractivity contribution in [2.45, 2.75) is 96.7 Å². The Hall–Kier alpha value is -2.07. The number of allylic oxidation sites excluding steroid dienone is 8. The number of ether oxygens (including phenoxy) is 2. The number of hydrogen-bond donors (Lipinski definition) is 3. The first-order valence-corrected chi connectivity index (χ1v) is 15.6. The molecule has 0 rings (SSSR count). The zero-order valence-corrected chi connectivity index (χ0v) is 24.9. The topological polar surface area (TPSA) is 149 Å². The molecule has 0 fully saturated rings. The molecule has 0 aromatic heterocycles. The van der Waals surface area contributed by atoms with Crippen molar-refractivity contribution >= 4 is 19.8 Å². The third-order valence-electron chi connectivity index (χ3n) is 5.26. The SMILES string of the molecule is CC/C=C\C/C=C\C/C=C\C/C=C\CCC(=O)OC(COC(=O)CCCCCC)COP(=O)(O)OCC(O)CO. The Morgan fingerprint density at radius 3 is 1.98 bits per heavy atom. The molecule has 0 saturated heterocycles. The molecule has 3 unspecified atom stereocenters. The molecule has 11 heteroatoms. The normalized spacial score (nSPS) is 15.2. The van der Waals surface area contributed by atoms with E-state index in [2.05, 4.69) is 48.8 Å². The Morgan fingerprint density at radius 2 is 1.38 bits per heavy atom. The summed E-state index contributed by atoms with van der Waals surface area (Å²) in [6.07, 6.45) is 21.8. The van der Waals surface area contributed by atoms with Crippen LogP contribution in [0.2, 0.25) is 0 Å². The maximum absolute atomic E-state index is 12.3. The van der Waals surface area contributed by atoms with Crippen molar-refractivity contribution in [1.29, 1.82) is 0 Å². The summed E-state index contributed by atoms with van der Waals surface area (Å²) in [7, 11) is -4.61. The van der Waals surface area contributed by atoms with Gasteiger partial charge in [0.05, 0.1) is 19.8 Å². The second-order valence-corrected chi connectivity index (χ2v) is 10.5. The number of carbonyl (C=O) groups excluding carboxylic acids is 2. The Bertz CT molecular complexity index is 822. The van der Waals surface area contributed by atoms with Crippen LogP contribution in [0.5, 0.6) is 0 Å². The molecule has 0 aliphatic rings. The minimum Gasteiger partial charge on any atom is -0.462 e. The Labute approximate surface area is 239 Å². The molecule has 3 atom stereocenters. The van der Waals surface area contributed by atoms with Crippen LogP contribution in [0.15, 0.2) is 48.6 Å². The number of aliphatic hydroxyl groups is 2. The summed E-state index contributed by atoms with van der Waals surface area (Å²) in [6, 6.07) is 0. The van der Waals surface area contributed by atoms with Gasteiger partial charge in [-0.2, -0.15) is 0 Å². The van der Waals surface area contributed by atoms with Gasteiger partial charge >= 0.3 is 19.8 Å². The molecule has 0 bridgehead atoms. The number of hydrogen-bond acceptors (Lipinski definition) is 9. The molecular weight excluding hydrogens is 539 g/mol. The number of carbonyl (C=O) groups is 2. The lowest BCUT2D eigenvalue weighted by molar-refractivity contribution is -0.161. The van der Waals surface area contributed by atoms with E-state index in [0.29, 0.717) is 12.8 Å². The van der Waals surface area contributed by atoms with Crippen LogP contribution in [0.25, 0.3) is 0 Å². The van der Waals surface area contributed by atoms with Gasteiger partial charge in [-0.1, -0.05) is 81.7 Å². The lowest BCUT2D eigenvalue weighted by atomic mass is 10.2. The molecule has 0 aromatic rings.